The number of carbonyl (C=O) groups is 1. The summed E-state index contributed by atoms with van der Waals surface area (Å²) in [4.78, 5) is 28.1. The maximum absolute atomic E-state index is 12.3. The van der Waals surface area contributed by atoms with E-state index in [9.17, 15) is 9.59 Å². The minimum atomic E-state index is -0.236. The van der Waals surface area contributed by atoms with Crippen LogP contribution < -0.4 is 10.7 Å². The van der Waals surface area contributed by atoms with E-state index in [0.717, 1.165) is 5.69 Å². The highest BCUT2D eigenvalue weighted by molar-refractivity contribution is 5.91. The lowest BCUT2D eigenvalue weighted by Gasteiger charge is -2.10. The van der Waals surface area contributed by atoms with Crippen molar-refractivity contribution in [2.45, 2.75) is 6.54 Å². The molecule has 2 heterocycles. The predicted molar refractivity (Wildman–Crippen MR) is 96.0 cm³/mol. The van der Waals surface area contributed by atoms with E-state index in [1.165, 1.54) is 17.2 Å². The van der Waals surface area contributed by atoms with E-state index in [1.807, 2.05) is 12.1 Å². The van der Waals surface area contributed by atoms with Crippen LogP contribution in [0.4, 0.5) is 5.69 Å². The van der Waals surface area contributed by atoms with Crippen LogP contribution in [0.5, 0.6) is 0 Å². The Morgan fingerprint density at radius 1 is 1.04 bits per heavy atom. The van der Waals surface area contributed by atoms with Crippen molar-refractivity contribution in [3.63, 3.8) is 0 Å². The predicted octanol–water partition coefficient (Wildman–Crippen LogP) is 1.62. The molecule has 26 heavy (non-hydrogen) atoms. The minimum Gasteiger partial charge on any atom is -0.324 e. The number of para-hydroxylation sites is 1. The van der Waals surface area contributed by atoms with E-state index in [4.69, 9.17) is 0 Å². The Labute approximate surface area is 147 Å². The van der Waals surface area contributed by atoms with Gasteiger partial charge in [-0.2, -0.15) is 10.2 Å². The van der Waals surface area contributed by atoms with Crippen LogP contribution >= 0.6 is 0 Å². The average molecular weight is 346 g/mol. The lowest BCUT2D eigenvalue weighted by molar-refractivity contribution is -0.116. The molecule has 0 aliphatic carbocycles. The number of anilines is 1. The van der Waals surface area contributed by atoms with Crippen molar-refractivity contribution < 1.29 is 4.79 Å². The van der Waals surface area contributed by atoms with Crippen LogP contribution in [-0.2, 0) is 11.3 Å². The van der Waals surface area contributed by atoms with Gasteiger partial charge < -0.3 is 5.32 Å². The molecule has 1 N–H and O–H groups in total. The van der Waals surface area contributed by atoms with Crippen LogP contribution in [0.25, 0.3) is 16.6 Å². The fraction of sp³-hybridized carbons (Fsp3) is 0.0556. The van der Waals surface area contributed by atoms with E-state index in [2.05, 4.69) is 20.5 Å². The molecule has 0 radical (unpaired) electrons. The van der Waals surface area contributed by atoms with Gasteiger partial charge in [0.05, 0.1) is 17.4 Å². The van der Waals surface area contributed by atoms with E-state index < -0.39 is 0 Å². The van der Waals surface area contributed by atoms with Gasteiger partial charge in [-0.1, -0.05) is 12.1 Å². The third kappa shape index (κ3) is 3.07. The molecule has 0 spiro atoms. The Bertz CT molecular complexity index is 1120. The largest absolute Gasteiger partial charge is 0.324 e. The van der Waals surface area contributed by atoms with Crippen LogP contribution in [0, 0.1) is 0 Å². The molecule has 0 atom stereocenters. The van der Waals surface area contributed by atoms with Crippen molar-refractivity contribution in [3.05, 3.63) is 77.6 Å². The Kier molecular flexibility index (Phi) is 3.98. The summed E-state index contributed by atoms with van der Waals surface area (Å²) in [6, 6.07) is 14.3. The SMILES string of the molecule is O=C(Cn1ncc(=O)c2ccccc21)Nc1ccc(-n2cncn2)cc1. The maximum Gasteiger partial charge on any atom is 0.246 e. The first-order chi connectivity index (χ1) is 12.7. The van der Waals surface area contributed by atoms with Gasteiger partial charge in [-0.05, 0) is 36.4 Å². The zero-order valence-corrected chi connectivity index (χ0v) is 13.6. The number of hydrogen-bond acceptors (Lipinski definition) is 5. The number of aromatic nitrogens is 5. The molecule has 0 aliphatic rings. The summed E-state index contributed by atoms with van der Waals surface area (Å²) < 4.78 is 3.14. The van der Waals surface area contributed by atoms with Gasteiger partial charge in [-0.3, -0.25) is 14.3 Å². The summed E-state index contributed by atoms with van der Waals surface area (Å²) in [5.41, 5.74) is 1.95. The second kappa shape index (κ2) is 6.60. The van der Waals surface area contributed by atoms with Crippen LogP contribution in [-0.4, -0.2) is 30.5 Å². The summed E-state index contributed by atoms with van der Waals surface area (Å²) in [7, 11) is 0. The summed E-state index contributed by atoms with van der Waals surface area (Å²) in [5, 5.41) is 11.5. The van der Waals surface area contributed by atoms with Gasteiger partial charge in [0.1, 0.15) is 19.2 Å². The number of nitrogens with zero attached hydrogens (tertiary/aromatic N) is 5. The van der Waals surface area contributed by atoms with Crippen molar-refractivity contribution >= 4 is 22.5 Å². The number of amides is 1. The van der Waals surface area contributed by atoms with Gasteiger partial charge in [0.15, 0.2) is 0 Å². The van der Waals surface area contributed by atoms with Crippen molar-refractivity contribution in [2.24, 2.45) is 0 Å². The second-order valence-corrected chi connectivity index (χ2v) is 5.62. The summed E-state index contributed by atoms with van der Waals surface area (Å²) in [6.45, 7) is 0.00558. The van der Waals surface area contributed by atoms with E-state index in [0.29, 0.717) is 16.6 Å². The first kappa shape index (κ1) is 15.7. The van der Waals surface area contributed by atoms with Crippen LogP contribution in [0.2, 0.25) is 0 Å². The Morgan fingerprint density at radius 2 is 1.85 bits per heavy atom. The number of hydrogen-bond donors (Lipinski definition) is 1. The van der Waals surface area contributed by atoms with Crippen LogP contribution in [0.3, 0.4) is 0 Å². The summed E-state index contributed by atoms with van der Waals surface area (Å²) in [6.07, 6.45) is 4.28. The molecule has 8 nitrogen and oxygen atoms in total. The first-order valence-electron chi connectivity index (χ1n) is 7.90. The number of fused-ring (bicyclic) bond motifs is 1. The van der Waals surface area contributed by atoms with Gasteiger partial charge in [-0.25, -0.2) is 9.67 Å². The third-order valence-electron chi connectivity index (χ3n) is 3.89. The highest BCUT2D eigenvalue weighted by Crippen LogP contribution is 2.13. The molecule has 0 unspecified atom stereocenters. The van der Waals surface area contributed by atoms with Crippen molar-refractivity contribution in [2.75, 3.05) is 5.32 Å². The summed E-state index contributed by atoms with van der Waals surface area (Å²) in [5.74, 6) is -0.236. The van der Waals surface area contributed by atoms with Gasteiger partial charge in [0.25, 0.3) is 0 Å². The molecule has 8 heteroatoms. The fourth-order valence-electron chi connectivity index (χ4n) is 2.66. The molecule has 0 saturated heterocycles. The Balaban J connectivity index is 1.51. The quantitative estimate of drug-likeness (QED) is 0.606. The van der Waals surface area contributed by atoms with Crippen LogP contribution in [0.15, 0.2) is 72.2 Å². The highest BCUT2D eigenvalue weighted by Gasteiger charge is 2.08. The number of nitrogens with one attached hydrogen (secondary N) is 1. The Hall–Kier alpha value is -3.81. The third-order valence-corrected chi connectivity index (χ3v) is 3.89. The minimum absolute atomic E-state index is 0.00558. The van der Waals surface area contributed by atoms with Crippen LogP contribution in [0.1, 0.15) is 0 Å². The van der Waals surface area contributed by atoms with Gasteiger partial charge in [0.2, 0.25) is 11.3 Å². The molecular formula is C18H14N6O2. The zero-order chi connectivity index (χ0) is 17.9. The molecular weight excluding hydrogens is 332 g/mol. The Morgan fingerprint density at radius 3 is 2.62 bits per heavy atom. The monoisotopic (exact) mass is 346 g/mol. The van der Waals surface area contributed by atoms with Gasteiger partial charge in [0, 0.05) is 11.1 Å². The van der Waals surface area contributed by atoms with Gasteiger partial charge >= 0.3 is 0 Å². The molecule has 1 amide bonds. The van der Waals surface area contributed by atoms with Crippen molar-refractivity contribution in [1.29, 1.82) is 0 Å². The molecule has 2 aromatic carbocycles. The van der Waals surface area contributed by atoms with Crippen molar-refractivity contribution in [1.82, 2.24) is 24.5 Å². The highest BCUT2D eigenvalue weighted by atomic mass is 16.2. The average Bonchev–Trinajstić information content (AvgIpc) is 3.20. The zero-order valence-electron chi connectivity index (χ0n) is 13.6. The van der Waals surface area contributed by atoms with Gasteiger partial charge in [-0.15, -0.1) is 0 Å². The molecule has 128 valence electrons. The lowest BCUT2D eigenvalue weighted by Crippen LogP contribution is -2.22. The molecule has 0 aliphatic heterocycles. The second-order valence-electron chi connectivity index (χ2n) is 5.62. The molecule has 4 aromatic rings. The first-order valence-corrected chi connectivity index (χ1v) is 7.90. The number of benzene rings is 2. The fourth-order valence-corrected chi connectivity index (χ4v) is 2.66. The molecule has 4 rings (SSSR count). The van der Waals surface area contributed by atoms with E-state index >= 15 is 0 Å². The normalized spacial score (nSPS) is 10.8. The molecule has 0 fully saturated rings. The molecule has 0 saturated carbocycles. The molecule has 2 aromatic heterocycles. The van der Waals surface area contributed by atoms with E-state index in [1.54, 1.807) is 47.4 Å². The maximum atomic E-state index is 12.3. The lowest BCUT2D eigenvalue weighted by atomic mass is 10.2. The summed E-state index contributed by atoms with van der Waals surface area (Å²) >= 11 is 0. The molecule has 0 bridgehead atoms. The number of carbonyl (C=O) groups excluding carboxylic acids is 1. The standard InChI is InChI=1S/C18H14N6O2/c25-17-9-20-23(16-4-2-1-3-15(16)17)10-18(26)22-13-5-7-14(8-6-13)24-12-19-11-21-24/h1-9,11-12H,10H2,(H,22,26). The van der Waals surface area contributed by atoms with Crippen molar-refractivity contribution in [3.8, 4) is 5.69 Å². The number of rotatable bonds is 4. The topological polar surface area (TPSA) is 94.7 Å². The van der Waals surface area contributed by atoms with E-state index in [-0.39, 0.29) is 17.9 Å². The smallest absolute Gasteiger partial charge is 0.246 e.